The van der Waals surface area contributed by atoms with Crippen molar-refractivity contribution in [3.05, 3.63) is 18.3 Å². The molecule has 1 rings (SSSR count). The molecule has 0 aliphatic carbocycles. The van der Waals surface area contributed by atoms with E-state index in [1.165, 1.54) is 19.2 Å². The van der Waals surface area contributed by atoms with Crippen LogP contribution in [-0.2, 0) is 14.8 Å². The fourth-order valence-electron chi connectivity index (χ4n) is 1.16. The molecule has 0 aromatic carbocycles. The Morgan fingerprint density at radius 1 is 1.59 bits per heavy atom. The summed E-state index contributed by atoms with van der Waals surface area (Å²) in [5.74, 6) is 0.236. The summed E-state index contributed by atoms with van der Waals surface area (Å²) in [7, 11) is -2.30. The van der Waals surface area contributed by atoms with Gasteiger partial charge in [-0.3, -0.25) is 0 Å². The van der Waals surface area contributed by atoms with E-state index in [9.17, 15) is 8.42 Å². The van der Waals surface area contributed by atoms with Gasteiger partial charge in [0.2, 0.25) is 10.0 Å². The molecule has 7 nitrogen and oxygen atoms in total. The number of pyridine rings is 1. The quantitative estimate of drug-likeness (QED) is 0.602. The Hall–Kier alpha value is -1.22. The average molecular weight is 261 g/mol. The van der Waals surface area contributed by atoms with Crippen molar-refractivity contribution in [1.29, 1.82) is 0 Å². The maximum absolute atomic E-state index is 11.8. The fraction of sp³-hybridized carbons (Fsp3) is 0.444. The molecule has 1 aromatic heterocycles. The van der Waals surface area contributed by atoms with Crippen molar-refractivity contribution in [2.24, 2.45) is 0 Å². The van der Waals surface area contributed by atoms with Crippen LogP contribution < -0.4 is 10.5 Å². The molecule has 0 bridgehead atoms. The molecule has 0 radical (unpaired) electrons. The number of nitrogens with one attached hydrogen (secondary N) is 1. The molecule has 0 aliphatic heterocycles. The van der Waals surface area contributed by atoms with E-state index < -0.39 is 16.1 Å². The maximum Gasteiger partial charge on any atom is 0.242 e. The van der Waals surface area contributed by atoms with Crippen LogP contribution in [0.15, 0.2) is 23.2 Å². The molecule has 17 heavy (non-hydrogen) atoms. The number of rotatable bonds is 6. The van der Waals surface area contributed by atoms with E-state index in [1.807, 2.05) is 0 Å². The van der Waals surface area contributed by atoms with E-state index in [0.717, 1.165) is 6.20 Å². The zero-order valence-corrected chi connectivity index (χ0v) is 10.1. The molecule has 1 atom stereocenters. The number of sulfonamides is 1. The summed E-state index contributed by atoms with van der Waals surface area (Å²) in [4.78, 5) is 3.68. The number of ether oxygens (including phenoxy) is 1. The van der Waals surface area contributed by atoms with Crippen molar-refractivity contribution in [2.45, 2.75) is 10.9 Å². The number of aliphatic hydroxyl groups is 1. The van der Waals surface area contributed by atoms with Crippen LogP contribution in [0, 0.1) is 0 Å². The molecule has 1 aromatic rings. The summed E-state index contributed by atoms with van der Waals surface area (Å²) < 4.78 is 30.7. The Morgan fingerprint density at radius 2 is 2.29 bits per heavy atom. The second kappa shape index (κ2) is 5.92. The lowest BCUT2D eigenvalue weighted by Crippen LogP contribution is -2.40. The van der Waals surface area contributed by atoms with Gasteiger partial charge in [0.15, 0.2) is 0 Å². The van der Waals surface area contributed by atoms with Crippen LogP contribution in [0.5, 0.6) is 0 Å². The maximum atomic E-state index is 11.8. The molecule has 0 spiro atoms. The van der Waals surface area contributed by atoms with Gasteiger partial charge in [-0.15, -0.1) is 0 Å². The largest absolute Gasteiger partial charge is 0.395 e. The van der Waals surface area contributed by atoms with Crippen molar-refractivity contribution >= 4 is 15.8 Å². The van der Waals surface area contributed by atoms with Crippen molar-refractivity contribution in [3.63, 3.8) is 0 Å². The standard InChI is InChI=1S/C9H15N3O4S/c1-16-6-7(5-13)12-17(14,15)8-2-3-9(10)11-4-8/h2-4,7,12-13H,5-6H2,1H3,(H2,10,11). The normalized spacial score (nSPS) is 13.5. The predicted octanol–water partition coefficient (Wildman–Crippen LogP) is -1.05. The molecule has 1 heterocycles. The predicted molar refractivity (Wildman–Crippen MR) is 61.7 cm³/mol. The summed E-state index contributed by atoms with van der Waals surface area (Å²) in [6, 6.07) is 2.03. The molecular formula is C9H15N3O4S. The molecule has 1 unspecified atom stereocenters. The first-order valence-corrected chi connectivity index (χ1v) is 6.31. The van der Waals surface area contributed by atoms with Crippen molar-refractivity contribution in [3.8, 4) is 0 Å². The Labute approximate surface area is 99.7 Å². The first kappa shape index (κ1) is 13.8. The van der Waals surface area contributed by atoms with Gasteiger partial charge in [0.05, 0.1) is 19.3 Å². The lowest BCUT2D eigenvalue weighted by molar-refractivity contribution is 0.139. The number of nitrogens with two attached hydrogens (primary N) is 1. The minimum absolute atomic E-state index is 0.0127. The number of anilines is 1. The van der Waals surface area contributed by atoms with E-state index in [0.29, 0.717) is 0 Å². The van der Waals surface area contributed by atoms with Crippen LogP contribution in [0.3, 0.4) is 0 Å². The lowest BCUT2D eigenvalue weighted by Gasteiger charge is -2.15. The van der Waals surface area contributed by atoms with Crippen LogP contribution in [0.1, 0.15) is 0 Å². The van der Waals surface area contributed by atoms with Crippen molar-refractivity contribution in [2.75, 3.05) is 26.1 Å². The van der Waals surface area contributed by atoms with Gasteiger partial charge in [0.1, 0.15) is 10.7 Å². The van der Waals surface area contributed by atoms with E-state index in [-0.39, 0.29) is 23.9 Å². The van der Waals surface area contributed by atoms with Crippen LogP contribution in [0.4, 0.5) is 5.82 Å². The number of hydrogen-bond donors (Lipinski definition) is 3. The lowest BCUT2D eigenvalue weighted by atomic mass is 10.4. The minimum atomic E-state index is -3.72. The van der Waals surface area contributed by atoms with Crippen LogP contribution >= 0.6 is 0 Å². The number of aromatic nitrogens is 1. The second-order valence-electron chi connectivity index (χ2n) is 3.37. The average Bonchev–Trinajstić information content (AvgIpc) is 2.28. The van der Waals surface area contributed by atoms with Gasteiger partial charge in [-0.1, -0.05) is 0 Å². The molecular weight excluding hydrogens is 246 g/mol. The van der Waals surface area contributed by atoms with Crippen LogP contribution in [-0.4, -0.2) is 44.9 Å². The Balaban J connectivity index is 2.84. The number of methoxy groups -OCH3 is 1. The third kappa shape index (κ3) is 3.93. The third-order valence-electron chi connectivity index (χ3n) is 1.98. The van der Waals surface area contributed by atoms with Crippen LogP contribution in [0.25, 0.3) is 0 Å². The summed E-state index contributed by atoms with van der Waals surface area (Å²) in [5, 5.41) is 8.97. The van der Waals surface area contributed by atoms with Gasteiger partial charge in [-0.05, 0) is 12.1 Å². The highest BCUT2D eigenvalue weighted by atomic mass is 32.2. The summed E-state index contributed by atoms with van der Waals surface area (Å²) in [6.45, 7) is -0.270. The summed E-state index contributed by atoms with van der Waals surface area (Å²) >= 11 is 0. The SMILES string of the molecule is COCC(CO)NS(=O)(=O)c1ccc(N)nc1. The van der Waals surface area contributed by atoms with Crippen LogP contribution in [0.2, 0.25) is 0 Å². The molecule has 0 amide bonds. The first-order chi connectivity index (χ1) is 7.99. The number of hydrogen-bond acceptors (Lipinski definition) is 6. The third-order valence-corrected chi connectivity index (χ3v) is 3.49. The van der Waals surface area contributed by atoms with Gasteiger partial charge in [-0.2, -0.15) is 0 Å². The Bertz CT molecular complexity index is 446. The molecule has 0 saturated heterocycles. The molecule has 8 heteroatoms. The Morgan fingerprint density at radius 3 is 2.76 bits per heavy atom. The summed E-state index contributed by atoms with van der Waals surface area (Å²) in [6.07, 6.45) is 1.15. The minimum Gasteiger partial charge on any atom is -0.395 e. The smallest absolute Gasteiger partial charge is 0.242 e. The van der Waals surface area contributed by atoms with Gasteiger partial charge in [-0.25, -0.2) is 18.1 Å². The topological polar surface area (TPSA) is 115 Å². The molecule has 0 saturated carbocycles. The highest BCUT2D eigenvalue weighted by Crippen LogP contribution is 2.09. The van der Waals surface area contributed by atoms with E-state index >= 15 is 0 Å². The Kier molecular flexibility index (Phi) is 4.82. The molecule has 96 valence electrons. The molecule has 0 aliphatic rings. The van der Waals surface area contributed by atoms with E-state index in [4.69, 9.17) is 15.6 Å². The molecule has 4 N–H and O–H groups in total. The highest BCUT2D eigenvalue weighted by molar-refractivity contribution is 7.89. The number of nitrogen functional groups attached to an aromatic ring is 1. The van der Waals surface area contributed by atoms with Crippen molar-refractivity contribution in [1.82, 2.24) is 9.71 Å². The van der Waals surface area contributed by atoms with E-state index in [2.05, 4.69) is 9.71 Å². The fourth-order valence-corrected chi connectivity index (χ4v) is 2.32. The zero-order valence-electron chi connectivity index (χ0n) is 9.33. The second-order valence-corrected chi connectivity index (χ2v) is 5.09. The van der Waals surface area contributed by atoms with Gasteiger partial charge >= 0.3 is 0 Å². The van der Waals surface area contributed by atoms with Gasteiger partial charge in [0, 0.05) is 13.3 Å². The first-order valence-electron chi connectivity index (χ1n) is 4.83. The zero-order chi connectivity index (χ0) is 12.9. The van der Waals surface area contributed by atoms with Gasteiger partial charge < -0.3 is 15.6 Å². The monoisotopic (exact) mass is 261 g/mol. The number of nitrogens with zero attached hydrogens (tertiary/aromatic N) is 1. The van der Waals surface area contributed by atoms with E-state index in [1.54, 1.807) is 0 Å². The van der Waals surface area contributed by atoms with Crippen molar-refractivity contribution < 1.29 is 18.3 Å². The number of aliphatic hydroxyl groups excluding tert-OH is 1. The summed E-state index contributed by atoms with van der Waals surface area (Å²) in [5.41, 5.74) is 5.36. The highest BCUT2D eigenvalue weighted by Gasteiger charge is 2.19. The molecule has 0 fully saturated rings. The van der Waals surface area contributed by atoms with Gasteiger partial charge in [0.25, 0.3) is 0 Å².